The number of alkyl halides is 15. The minimum atomic E-state index is -15.0. The molecule has 0 N–H and O–H groups in total. The van der Waals surface area contributed by atoms with Crippen LogP contribution in [0.15, 0.2) is 48.5 Å². The Balaban J connectivity index is 0.000000454. The van der Waals surface area contributed by atoms with Crippen molar-refractivity contribution in [1.29, 1.82) is 0 Å². The summed E-state index contributed by atoms with van der Waals surface area (Å²) in [7, 11) is 0. The van der Waals surface area contributed by atoms with Crippen molar-refractivity contribution >= 4 is 6.88 Å². The molecule has 19 heteroatoms. The standard InChI is InChI=1S/C19H23.C6F18P/c1-14(2)16-8-12-18(13-9-16)19(4,5)17-10-6-15(3)7-11-17;7-1(8,9)4(16,17)25(22,23,24,5(18,19)2(10,11)12)6(20,21)3(13,14)15/h6-14H,4H2,1-3,5H3;/q+1;-1. The predicted molar refractivity (Wildman–Crippen MR) is 127 cm³/mol. The van der Waals surface area contributed by atoms with Crippen LogP contribution in [0.4, 0.5) is 78.4 Å². The number of halogens is 18. The van der Waals surface area contributed by atoms with Gasteiger partial charge in [0, 0.05) is 11.1 Å². The summed E-state index contributed by atoms with van der Waals surface area (Å²) < 4.78 is 222. The molecule has 0 saturated heterocycles. The second kappa shape index (κ2) is 10.5. The van der Waals surface area contributed by atoms with Crippen LogP contribution in [0.1, 0.15) is 48.9 Å². The van der Waals surface area contributed by atoms with Gasteiger partial charge in [-0.15, -0.1) is 0 Å². The monoisotopic (exact) mass is 696 g/mol. The van der Waals surface area contributed by atoms with Crippen LogP contribution in [-0.2, 0) is 5.41 Å². The zero-order valence-electron chi connectivity index (χ0n) is 22.7. The molecule has 0 saturated carbocycles. The Bertz CT molecular complexity index is 1230. The summed E-state index contributed by atoms with van der Waals surface area (Å²) >= 11 is 0. The van der Waals surface area contributed by atoms with Gasteiger partial charge in [0.15, 0.2) is 5.41 Å². The van der Waals surface area contributed by atoms with E-state index in [0.29, 0.717) is 5.92 Å². The van der Waals surface area contributed by atoms with Crippen molar-refractivity contribution in [2.24, 2.45) is 0 Å². The van der Waals surface area contributed by atoms with Crippen molar-refractivity contribution in [2.75, 3.05) is 0 Å². The molecule has 0 aliphatic heterocycles. The number of hydrogen-bond acceptors (Lipinski definition) is 0. The van der Waals surface area contributed by atoms with Crippen LogP contribution < -0.4 is 0 Å². The fourth-order valence-corrected chi connectivity index (χ4v) is 6.35. The van der Waals surface area contributed by atoms with Crippen molar-refractivity contribution in [3.8, 4) is 0 Å². The molecular formula is C25H23F18P. The maximum Gasteiger partial charge on any atom is 0.152 e. The Labute approximate surface area is 238 Å². The van der Waals surface area contributed by atoms with Gasteiger partial charge in [-0.1, -0.05) is 67.9 Å². The second-order valence-corrected chi connectivity index (χ2v) is 14.6. The summed E-state index contributed by atoms with van der Waals surface area (Å²) in [6.45, 7) is -1.85. The molecule has 0 amide bonds. The number of hydrogen-bond donors (Lipinski definition) is 0. The van der Waals surface area contributed by atoms with E-state index in [4.69, 9.17) is 0 Å². The molecule has 0 heterocycles. The summed E-state index contributed by atoms with van der Waals surface area (Å²) in [6, 6.07) is 17.5. The van der Waals surface area contributed by atoms with Gasteiger partial charge in [0.05, 0.1) is 6.92 Å². The van der Waals surface area contributed by atoms with E-state index in [-0.39, 0.29) is 5.41 Å². The molecule has 0 aliphatic carbocycles. The fraction of sp³-hybridized carbons (Fsp3) is 0.480. The van der Waals surface area contributed by atoms with E-state index in [1.54, 1.807) is 0 Å². The topological polar surface area (TPSA) is 0 Å². The Kier molecular flexibility index (Phi) is 9.44. The molecular weight excluding hydrogens is 673 g/mol. The molecule has 44 heavy (non-hydrogen) atoms. The van der Waals surface area contributed by atoms with Gasteiger partial charge in [-0.05, 0) is 25.3 Å². The normalized spacial score (nSPS) is 17.2. The summed E-state index contributed by atoms with van der Waals surface area (Å²) in [5.41, 5.74) is -24.3. The SMILES string of the molecule is FC(F)(F)C(F)(F)[P-](F)(F)(F)(C(F)(F)C(F)(F)F)C(F)(F)C(F)(F)F.[CH2+]C(C)(c1ccc(C)cc1)c1ccc(C(C)C)cc1. The summed E-state index contributed by atoms with van der Waals surface area (Å²) in [6.07, 6.45) is -26.1. The molecule has 0 spiro atoms. The minimum absolute atomic E-state index is 0.191. The maximum absolute atomic E-state index is 15.0. The Morgan fingerprint density at radius 1 is 0.523 bits per heavy atom. The summed E-state index contributed by atoms with van der Waals surface area (Å²) in [5, 5.41) is 0. The van der Waals surface area contributed by atoms with Crippen molar-refractivity contribution in [2.45, 2.75) is 74.5 Å². The van der Waals surface area contributed by atoms with Gasteiger partial charge < -0.3 is 0 Å². The smallest absolute Gasteiger partial charge is 0.0589 e. The number of rotatable bonds is 6. The molecule has 0 radical (unpaired) electrons. The van der Waals surface area contributed by atoms with Crippen LogP contribution in [0.25, 0.3) is 0 Å². The third kappa shape index (κ3) is 5.25. The molecule has 2 aromatic rings. The molecule has 2 rings (SSSR count). The first-order valence-electron chi connectivity index (χ1n) is 11.7. The molecule has 0 nitrogen and oxygen atoms in total. The zero-order chi connectivity index (χ0) is 35.5. The molecule has 2 aromatic carbocycles. The van der Waals surface area contributed by atoms with Crippen LogP contribution in [-0.4, -0.2) is 35.5 Å². The molecule has 1 unspecified atom stereocenters. The van der Waals surface area contributed by atoms with Crippen LogP contribution in [0.5, 0.6) is 0 Å². The van der Waals surface area contributed by atoms with Gasteiger partial charge in [0.1, 0.15) is 0 Å². The first-order chi connectivity index (χ1) is 19.0. The Morgan fingerprint density at radius 2 is 0.773 bits per heavy atom. The fourth-order valence-electron chi connectivity index (χ4n) is 3.66. The van der Waals surface area contributed by atoms with Crippen LogP contribution in [0.2, 0.25) is 0 Å². The van der Waals surface area contributed by atoms with Gasteiger partial charge in [-0.3, -0.25) is 0 Å². The third-order valence-electron chi connectivity index (χ3n) is 6.72. The number of benzene rings is 2. The maximum atomic E-state index is 13.4. The molecule has 0 aromatic heterocycles. The van der Waals surface area contributed by atoms with Gasteiger partial charge >= 0.3 is 121 Å². The zero-order valence-corrected chi connectivity index (χ0v) is 23.5. The molecule has 0 aliphatic rings. The quantitative estimate of drug-likeness (QED) is 0.160. The van der Waals surface area contributed by atoms with Crippen molar-refractivity contribution in [1.82, 2.24) is 0 Å². The summed E-state index contributed by atoms with van der Waals surface area (Å²) in [5.74, 6) is 0.574. The average Bonchev–Trinajstić information content (AvgIpc) is 2.82. The molecule has 1 atom stereocenters. The number of aryl methyl sites for hydroxylation is 1. The first-order valence-corrected chi connectivity index (χ1v) is 14.1. The predicted octanol–water partition coefficient (Wildman–Crippen LogP) is 12.5. The van der Waals surface area contributed by atoms with Crippen LogP contribution in [0.3, 0.4) is 0 Å². The molecule has 254 valence electrons. The van der Waals surface area contributed by atoms with E-state index in [9.17, 15) is 78.4 Å². The van der Waals surface area contributed by atoms with Crippen LogP contribution >= 0.6 is 6.88 Å². The minimum Gasteiger partial charge on any atom is -0.0589 e. The first kappa shape index (κ1) is 39.5. The van der Waals surface area contributed by atoms with Gasteiger partial charge in [-0.2, -0.15) is 0 Å². The van der Waals surface area contributed by atoms with E-state index in [0.717, 1.165) is 0 Å². The van der Waals surface area contributed by atoms with Gasteiger partial charge in [0.2, 0.25) is 0 Å². The Hall–Kier alpha value is -2.52. The van der Waals surface area contributed by atoms with Crippen molar-refractivity contribution < 1.29 is 78.4 Å². The summed E-state index contributed by atoms with van der Waals surface area (Å²) in [4.78, 5) is 0. The van der Waals surface area contributed by atoms with Crippen molar-refractivity contribution in [3.05, 3.63) is 77.7 Å². The largest absolute Gasteiger partial charge is 0.152 e. The van der Waals surface area contributed by atoms with Crippen molar-refractivity contribution in [3.63, 3.8) is 0 Å². The van der Waals surface area contributed by atoms with E-state index in [1.165, 1.54) is 22.3 Å². The van der Waals surface area contributed by atoms with E-state index >= 15 is 0 Å². The molecule has 0 bridgehead atoms. The van der Waals surface area contributed by atoms with E-state index < -0.39 is 42.4 Å². The average molecular weight is 696 g/mol. The van der Waals surface area contributed by atoms with E-state index in [1.807, 2.05) is 0 Å². The van der Waals surface area contributed by atoms with E-state index in [2.05, 4.69) is 83.1 Å². The van der Waals surface area contributed by atoms with Gasteiger partial charge in [-0.25, -0.2) is 0 Å². The third-order valence-corrected chi connectivity index (χ3v) is 11.1. The van der Waals surface area contributed by atoms with Gasteiger partial charge in [0.25, 0.3) is 0 Å². The van der Waals surface area contributed by atoms with Crippen LogP contribution in [0, 0.1) is 13.8 Å². The second-order valence-electron chi connectivity index (χ2n) is 10.4. The Morgan fingerprint density at radius 3 is 1.00 bits per heavy atom. The molecule has 0 fully saturated rings.